The molecule has 4 nitrogen and oxygen atoms in total. The van der Waals surface area contributed by atoms with E-state index in [1.807, 2.05) is 5.38 Å². The van der Waals surface area contributed by atoms with Crippen molar-refractivity contribution < 1.29 is 10.2 Å². The van der Waals surface area contributed by atoms with Gasteiger partial charge in [0, 0.05) is 22.7 Å². The third-order valence-electron chi connectivity index (χ3n) is 3.08. The van der Waals surface area contributed by atoms with Gasteiger partial charge in [0.1, 0.15) is 0 Å². The van der Waals surface area contributed by atoms with Crippen LogP contribution in [0.1, 0.15) is 31.2 Å². The van der Waals surface area contributed by atoms with Gasteiger partial charge < -0.3 is 15.9 Å². The smallest absolute Gasteiger partial charge is 0.179 e. The Morgan fingerprint density at radius 1 is 1.18 bits per heavy atom. The Hall–Kier alpha value is -0.950. The second-order valence-electron chi connectivity index (χ2n) is 4.91. The summed E-state index contributed by atoms with van der Waals surface area (Å²) in [4.78, 5) is 3.71. The SMILES string of the molecule is Nc1nccs1.OCCC(O)CCCCc1ccc(Br)cc1. The predicted octanol–water partition coefficient (Wildman–Crippen LogP) is 3.63. The lowest BCUT2D eigenvalue weighted by Gasteiger charge is -2.08. The molecule has 0 bridgehead atoms. The minimum atomic E-state index is -0.338. The van der Waals surface area contributed by atoms with Crippen LogP contribution in [-0.4, -0.2) is 27.9 Å². The number of hydrogen-bond acceptors (Lipinski definition) is 5. The third kappa shape index (κ3) is 9.15. The van der Waals surface area contributed by atoms with E-state index in [1.165, 1.54) is 16.9 Å². The number of anilines is 1. The van der Waals surface area contributed by atoms with Crippen LogP contribution in [0.2, 0.25) is 0 Å². The molecule has 6 heteroatoms. The second-order valence-corrected chi connectivity index (χ2v) is 6.75. The summed E-state index contributed by atoms with van der Waals surface area (Å²) in [7, 11) is 0. The monoisotopic (exact) mass is 386 g/mol. The van der Waals surface area contributed by atoms with Gasteiger partial charge in [-0.05, 0) is 43.4 Å². The first-order valence-corrected chi connectivity index (χ1v) is 8.97. The quantitative estimate of drug-likeness (QED) is 0.634. The number of thiazole rings is 1. The van der Waals surface area contributed by atoms with E-state index in [0.29, 0.717) is 11.6 Å². The Labute approximate surface area is 144 Å². The molecule has 0 aliphatic rings. The lowest BCUT2D eigenvalue weighted by Crippen LogP contribution is -2.08. The molecule has 0 saturated carbocycles. The summed E-state index contributed by atoms with van der Waals surface area (Å²) in [5.41, 5.74) is 6.52. The highest BCUT2D eigenvalue weighted by Gasteiger charge is 2.02. The number of rotatable bonds is 7. The van der Waals surface area contributed by atoms with E-state index in [0.717, 1.165) is 30.2 Å². The standard InChI is InChI=1S/C13H19BrO2.C3H4N2S/c14-12-7-5-11(6-8-12)3-1-2-4-13(16)9-10-15;4-3-5-1-2-6-3/h5-8,13,15-16H,1-4,9-10H2;1-2H,(H2,4,5). The molecule has 4 N–H and O–H groups in total. The molecule has 0 fully saturated rings. The minimum Gasteiger partial charge on any atom is -0.396 e. The first-order valence-electron chi connectivity index (χ1n) is 7.30. The van der Waals surface area contributed by atoms with Crippen molar-refractivity contribution in [2.45, 2.75) is 38.2 Å². The molecule has 1 aromatic heterocycles. The predicted molar refractivity (Wildman–Crippen MR) is 95.9 cm³/mol. The maximum absolute atomic E-state index is 9.42. The second kappa shape index (κ2) is 11.6. The van der Waals surface area contributed by atoms with E-state index in [9.17, 15) is 5.11 Å². The summed E-state index contributed by atoms with van der Waals surface area (Å²) in [6, 6.07) is 8.34. The van der Waals surface area contributed by atoms with Crippen molar-refractivity contribution in [1.82, 2.24) is 4.98 Å². The van der Waals surface area contributed by atoms with Crippen molar-refractivity contribution in [2.24, 2.45) is 0 Å². The maximum Gasteiger partial charge on any atom is 0.179 e. The van der Waals surface area contributed by atoms with Gasteiger partial charge in [-0.3, -0.25) is 0 Å². The van der Waals surface area contributed by atoms with Crippen LogP contribution in [0.3, 0.4) is 0 Å². The van der Waals surface area contributed by atoms with Gasteiger partial charge in [0.25, 0.3) is 0 Å². The Balaban J connectivity index is 0.000000335. The number of halogens is 1. The molecule has 1 unspecified atom stereocenters. The average Bonchev–Trinajstić information content (AvgIpc) is 2.98. The number of nitrogens with zero attached hydrogens (tertiary/aromatic N) is 1. The number of aliphatic hydroxyl groups is 2. The van der Waals surface area contributed by atoms with Crippen molar-refractivity contribution in [3.8, 4) is 0 Å². The maximum atomic E-state index is 9.42. The van der Waals surface area contributed by atoms with Crippen LogP contribution in [-0.2, 0) is 6.42 Å². The molecule has 122 valence electrons. The first kappa shape index (κ1) is 19.1. The van der Waals surface area contributed by atoms with E-state index in [2.05, 4.69) is 45.2 Å². The number of nitrogen functional groups attached to an aromatic ring is 1. The van der Waals surface area contributed by atoms with Crippen LogP contribution < -0.4 is 5.73 Å². The van der Waals surface area contributed by atoms with Crippen LogP contribution in [0.4, 0.5) is 5.13 Å². The van der Waals surface area contributed by atoms with Crippen LogP contribution in [0.25, 0.3) is 0 Å². The summed E-state index contributed by atoms with van der Waals surface area (Å²) >= 11 is 4.85. The molecule has 1 atom stereocenters. The Kier molecular flexibility index (Phi) is 10.1. The Morgan fingerprint density at radius 3 is 2.41 bits per heavy atom. The Morgan fingerprint density at radius 2 is 1.91 bits per heavy atom. The molecule has 0 aliphatic heterocycles. The van der Waals surface area contributed by atoms with Crippen molar-refractivity contribution in [3.63, 3.8) is 0 Å². The summed E-state index contributed by atoms with van der Waals surface area (Å²) in [5.74, 6) is 0. The molecule has 0 amide bonds. The number of aryl methyl sites for hydroxylation is 1. The molecule has 1 aromatic carbocycles. The molecule has 1 heterocycles. The van der Waals surface area contributed by atoms with Crippen molar-refractivity contribution in [2.75, 3.05) is 12.3 Å². The molecule has 0 radical (unpaired) electrons. The number of unbranched alkanes of at least 4 members (excludes halogenated alkanes) is 1. The molecule has 0 saturated heterocycles. The van der Waals surface area contributed by atoms with Gasteiger partial charge in [0.2, 0.25) is 0 Å². The van der Waals surface area contributed by atoms with Gasteiger partial charge in [-0.15, -0.1) is 11.3 Å². The fraction of sp³-hybridized carbons (Fsp3) is 0.438. The van der Waals surface area contributed by atoms with E-state index in [4.69, 9.17) is 10.8 Å². The van der Waals surface area contributed by atoms with E-state index < -0.39 is 0 Å². The van der Waals surface area contributed by atoms with Crippen LogP contribution in [0.15, 0.2) is 40.3 Å². The highest BCUT2D eigenvalue weighted by molar-refractivity contribution is 9.10. The zero-order chi connectivity index (χ0) is 16.2. The molecule has 22 heavy (non-hydrogen) atoms. The largest absolute Gasteiger partial charge is 0.396 e. The minimum absolute atomic E-state index is 0.0773. The van der Waals surface area contributed by atoms with Gasteiger partial charge in [0.05, 0.1) is 6.10 Å². The highest BCUT2D eigenvalue weighted by atomic mass is 79.9. The van der Waals surface area contributed by atoms with Gasteiger partial charge in [0.15, 0.2) is 5.13 Å². The van der Waals surface area contributed by atoms with Crippen molar-refractivity contribution >= 4 is 32.4 Å². The van der Waals surface area contributed by atoms with E-state index in [-0.39, 0.29) is 12.7 Å². The van der Waals surface area contributed by atoms with E-state index in [1.54, 1.807) is 6.20 Å². The summed E-state index contributed by atoms with van der Waals surface area (Å²) in [6.45, 7) is 0.0773. The summed E-state index contributed by atoms with van der Waals surface area (Å²) in [6.07, 6.45) is 5.78. The number of aliphatic hydroxyl groups excluding tert-OH is 2. The first-order chi connectivity index (χ1) is 10.6. The fourth-order valence-electron chi connectivity index (χ4n) is 1.89. The highest BCUT2D eigenvalue weighted by Crippen LogP contribution is 2.13. The fourth-order valence-corrected chi connectivity index (χ4v) is 2.54. The number of hydrogen-bond donors (Lipinski definition) is 3. The zero-order valence-electron chi connectivity index (χ0n) is 12.5. The topological polar surface area (TPSA) is 79.4 Å². The molecular weight excluding hydrogens is 364 g/mol. The number of nitrogens with two attached hydrogens (primary N) is 1. The number of benzene rings is 1. The third-order valence-corrected chi connectivity index (χ3v) is 4.21. The van der Waals surface area contributed by atoms with Crippen molar-refractivity contribution in [3.05, 3.63) is 45.9 Å². The lowest BCUT2D eigenvalue weighted by atomic mass is 10.0. The molecular formula is C16H23BrN2O2S. The Bertz CT molecular complexity index is 491. The van der Waals surface area contributed by atoms with Gasteiger partial charge >= 0.3 is 0 Å². The normalized spacial score (nSPS) is 11.6. The van der Waals surface area contributed by atoms with Crippen LogP contribution in [0, 0.1) is 0 Å². The zero-order valence-corrected chi connectivity index (χ0v) is 14.9. The average molecular weight is 387 g/mol. The van der Waals surface area contributed by atoms with Gasteiger partial charge in [-0.2, -0.15) is 0 Å². The summed E-state index contributed by atoms with van der Waals surface area (Å²) in [5, 5.41) is 20.5. The lowest BCUT2D eigenvalue weighted by molar-refractivity contribution is 0.122. The van der Waals surface area contributed by atoms with E-state index >= 15 is 0 Å². The van der Waals surface area contributed by atoms with Crippen molar-refractivity contribution in [1.29, 1.82) is 0 Å². The molecule has 0 spiro atoms. The molecule has 2 rings (SSSR count). The van der Waals surface area contributed by atoms with Gasteiger partial charge in [-0.1, -0.05) is 34.5 Å². The number of aromatic nitrogens is 1. The molecule has 2 aromatic rings. The van der Waals surface area contributed by atoms with Gasteiger partial charge in [-0.25, -0.2) is 4.98 Å². The van der Waals surface area contributed by atoms with Crippen LogP contribution in [0.5, 0.6) is 0 Å². The summed E-state index contributed by atoms with van der Waals surface area (Å²) < 4.78 is 1.11. The van der Waals surface area contributed by atoms with Crippen LogP contribution >= 0.6 is 27.3 Å². The molecule has 0 aliphatic carbocycles.